The van der Waals surface area contributed by atoms with Gasteiger partial charge in [0.05, 0.1) is 36.4 Å². The second-order valence-electron chi connectivity index (χ2n) is 8.85. The zero-order chi connectivity index (χ0) is 24.3. The van der Waals surface area contributed by atoms with Gasteiger partial charge >= 0.3 is 5.97 Å². The van der Waals surface area contributed by atoms with Gasteiger partial charge in [-0.25, -0.2) is 9.48 Å². The van der Waals surface area contributed by atoms with E-state index in [0.29, 0.717) is 31.6 Å². The summed E-state index contributed by atoms with van der Waals surface area (Å²) >= 11 is 0. The number of hydrogen-bond donors (Lipinski definition) is 2. The molecule has 2 N–H and O–H groups in total. The van der Waals surface area contributed by atoms with Crippen molar-refractivity contribution in [2.24, 2.45) is 0 Å². The van der Waals surface area contributed by atoms with Crippen LogP contribution in [-0.4, -0.2) is 50.7 Å². The standard InChI is InChI=1S/C25H28N4O5/c1-4-33-20-7-5-6-19(13-20)29-15-18(27-28-29)14-25(2,3)26-23(30)22-21-9-8-17(24(31)32)12-16(21)10-11-34-22/h5-9,12-13,15,22H,4,10-11,14H2,1-3H3,(H,26,30)(H,31,32). The zero-order valence-corrected chi connectivity index (χ0v) is 19.4. The van der Waals surface area contributed by atoms with Crippen LogP contribution in [0.15, 0.2) is 48.7 Å². The van der Waals surface area contributed by atoms with Crippen LogP contribution in [0.25, 0.3) is 5.69 Å². The Bertz CT molecular complexity index is 1200. The molecule has 2 heterocycles. The SMILES string of the molecule is CCOc1cccc(-n2cc(CC(C)(C)NC(=O)C3OCCc4cc(C(=O)O)ccc43)nn2)c1. The van der Waals surface area contributed by atoms with Crippen LogP contribution >= 0.6 is 0 Å². The smallest absolute Gasteiger partial charge is 0.335 e. The maximum atomic E-state index is 13.1. The van der Waals surface area contributed by atoms with Crippen molar-refractivity contribution in [1.82, 2.24) is 20.3 Å². The van der Waals surface area contributed by atoms with Gasteiger partial charge in [0.1, 0.15) is 5.75 Å². The molecule has 1 atom stereocenters. The summed E-state index contributed by atoms with van der Waals surface area (Å²) in [7, 11) is 0. The average molecular weight is 465 g/mol. The average Bonchev–Trinajstić information content (AvgIpc) is 3.26. The predicted molar refractivity (Wildman–Crippen MR) is 124 cm³/mol. The van der Waals surface area contributed by atoms with Gasteiger partial charge in [0.25, 0.3) is 5.91 Å². The third-order valence-electron chi connectivity index (χ3n) is 5.59. The van der Waals surface area contributed by atoms with E-state index < -0.39 is 17.6 Å². The number of ether oxygens (including phenoxy) is 2. The normalized spacial score (nSPS) is 15.4. The van der Waals surface area contributed by atoms with Crippen molar-refractivity contribution in [3.05, 3.63) is 71.0 Å². The van der Waals surface area contributed by atoms with Gasteiger partial charge in [-0.05, 0) is 62.6 Å². The first-order chi connectivity index (χ1) is 16.3. The summed E-state index contributed by atoms with van der Waals surface area (Å²) in [4.78, 5) is 24.4. The summed E-state index contributed by atoms with van der Waals surface area (Å²) < 4.78 is 13.0. The molecular weight excluding hydrogens is 436 g/mol. The number of carbonyl (C=O) groups excluding carboxylic acids is 1. The number of hydrogen-bond acceptors (Lipinski definition) is 6. The molecule has 0 saturated carbocycles. The predicted octanol–water partition coefficient (Wildman–Crippen LogP) is 3.12. The number of nitrogens with one attached hydrogen (secondary N) is 1. The number of aromatic carboxylic acids is 1. The second-order valence-corrected chi connectivity index (χ2v) is 8.85. The van der Waals surface area contributed by atoms with E-state index in [0.717, 1.165) is 22.7 Å². The van der Waals surface area contributed by atoms with E-state index in [2.05, 4.69) is 15.6 Å². The summed E-state index contributed by atoms with van der Waals surface area (Å²) in [6, 6.07) is 12.4. The Morgan fingerprint density at radius 1 is 1.26 bits per heavy atom. The van der Waals surface area contributed by atoms with Gasteiger partial charge in [-0.2, -0.15) is 0 Å². The molecule has 3 aromatic rings. The van der Waals surface area contributed by atoms with Gasteiger partial charge in [-0.1, -0.05) is 17.3 Å². The van der Waals surface area contributed by atoms with Crippen molar-refractivity contribution < 1.29 is 24.2 Å². The van der Waals surface area contributed by atoms with Crippen LogP contribution in [-0.2, 0) is 22.4 Å². The van der Waals surface area contributed by atoms with Gasteiger partial charge in [-0.3, -0.25) is 4.79 Å². The minimum absolute atomic E-state index is 0.204. The van der Waals surface area contributed by atoms with Crippen LogP contribution in [0.5, 0.6) is 5.75 Å². The van der Waals surface area contributed by atoms with E-state index in [1.807, 2.05) is 51.2 Å². The Morgan fingerprint density at radius 2 is 2.09 bits per heavy atom. The van der Waals surface area contributed by atoms with E-state index in [1.165, 1.54) is 6.07 Å². The first-order valence-corrected chi connectivity index (χ1v) is 11.2. The van der Waals surface area contributed by atoms with Crippen molar-refractivity contribution in [3.8, 4) is 11.4 Å². The number of fused-ring (bicyclic) bond motifs is 1. The van der Waals surface area contributed by atoms with Gasteiger partial charge in [0, 0.05) is 18.0 Å². The molecule has 0 bridgehead atoms. The van der Waals surface area contributed by atoms with Gasteiger partial charge in [-0.15, -0.1) is 5.10 Å². The van der Waals surface area contributed by atoms with E-state index in [4.69, 9.17) is 9.47 Å². The maximum Gasteiger partial charge on any atom is 0.335 e. The summed E-state index contributed by atoms with van der Waals surface area (Å²) in [5.74, 6) is -0.507. The lowest BCUT2D eigenvalue weighted by atomic mass is 9.93. The minimum atomic E-state index is -0.992. The van der Waals surface area contributed by atoms with Crippen LogP contribution in [0.3, 0.4) is 0 Å². The highest BCUT2D eigenvalue weighted by atomic mass is 16.5. The molecule has 0 radical (unpaired) electrons. The van der Waals surface area contributed by atoms with Gasteiger partial charge in [0.2, 0.25) is 0 Å². The van der Waals surface area contributed by atoms with Crippen LogP contribution in [0, 0.1) is 0 Å². The molecule has 0 fully saturated rings. The highest BCUT2D eigenvalue weighted by Gasteiger charge is 2.32. The van der Waals surface area contributed by atoms with Crippen molar-refractivity contribution >= 4 is 11.9 Å². The molecule has 1 aliphatic rings. The number of carboxylic acids is 1. The van der Waals surface area contributed by atoms with Crippen molar-refractivity contribution in [3.63, 3.8) is 0 Å². The lowest BCUT2D eigenvalue weighted by Gasteiger charge is -2.31. The van der Waals surface area contributed by atoms with Gasteiger partial charge in [0.15, 0.2) is 6.10 Å². The summed E-state index contributed by atoms with van der Waals surface area (Å²) in [5.41, 5.74) is 2.66. The van der Waals surface area contributed by atoms with Crippen LogP contribution in [0.2, 0.25) is 0 Å². The fourth-order valence-corrected chi connectivity index (χ4v) is 4.09. The first kappa shape index (κ1) is 23.4. The molecule has 1 aliphatic heterocycles. The molecular formula is C25H28N4O5. The molecule has 1 aromatic heterocycles. The molecule has 4 rings (SSSR count). The van der Waals surface area contributed by atoms with Crippen LogP contribution < -0.4 is 10.1 Å². The molecule has 2 aromatic carbocycles. The molecule has 0 aliphatic carbocycles. The second kappa shape index (κ2) is 9.64. The molecule has 0 saturated heterocycles. The number of rotatable bonds is 8. The van der Waals surface area contributed by atoms with Crippen LogP contribution in [0.1, 0.15) is 54.1 Å². The molecule has 0 spiro atoms. The minimum Gasteiger partial charge on any atom is -0.494 e. The third kappa shape index (κ3) is 5.26. The monoisotopic (exact) mass is 464 g/mol. The van der Waals surface area contributed by atoms with Crippen molar-refractivity contribution in [2.75, 3.05) is 13.2 Å². The first-order valence-electron chi connectivity index (χ1n) is 11.2. The third-order valence-corrected chi connectivity index (χ3v) is 5.59. The number of amides is 1. The Hall–Kier alpha value is -3.72. The fraction of sp³-hybridized carbons (Fsp3) is 0.360. The number of carbonyl (C=O) groups is 2. The summed E-state index contributed by atoms with van der Waals surface area (Å²) in [6.45, 7) is 6.69. The Morgan fingerprint density at radius 3 is 2.85 bits per heavy atom. The number of benzene rings is 2. The van der Waals surface area contributed by atoms with Crippen molar-refractivity contribution in [1.29, 1.82) is 0 Å². The van der Waals surface area contributed by atoms with Crippen molar-refractivity contribution in [2.45, 2.75) is 45.3 Å². The summed E-state index contributed by atoms with van der Waals surface area (Å²) in [5, 5.41) is 20.8. The fourth-order valence-electron chi connectivity index (χ4n) is 4.09. The molecule has 178 valence electrons. The molecule has 1 amide bonds. The topological polar surface area (TPSA) is 116 Å². The van der Waals surface area contributed by atoms with Crippen LogP contribution in [0.4, 0.5) is 0 Å². The van der Waals surface area contributed by atoms with E-state index in [-0.39, 0.29) is 11.5 Å². The largest absolute Gasteiger partial charge is 0.494 e. The Kier molecular flexibility index (Phi) is 6.65. The highest BCUT2D eigenvalue weighted by molar-refractivity contribution is 5.89. The number of nitrogens with zero attached hydrogens (tertiary/aromatic N) is 3. The molecule has 1 unspecified atom stereocenters. The number of aromatic nitrogens is 3. The molecule has 34 heavy (non-hydrogen) atoms. The van der Waals surface area contributed by atoms with E-state index in [9.17, 15) is 14.7 Å². The Labute approximate surface area is 197 Å². The quantitative estimate of drug-likeness (QED) is 0.526. The Balaban J connectivity index is 1.45. The zero-order valence-electron chi connectivity index (χ0n) is 19.4. The maximum absolute atomic E-state index is 13.1. The molecule has 9 heteroatoms. The number of carboxylic acid groups (broad SMARTS) is 1. The molecule has 9 nitrogen and oxygen atoms in total. The summed E-state index contributed by atoms with van der Waals surface area (Å²) in [6.07, 6.45) is 2.07. The lowest BCUT2D eigenvalue weighted by Crippen LogP contribution is -2.48. The van der Waals surface area contributed by atoms with E-state index in [1.54, 1.807) is 16.8 Å². The lowest BCUT2D eigenvalue weighted by molar-refractivity contribution is -0.135. The highest BCUT2D eigenvalue weighted by Crippen LogP contribution is 2.29. The van der Waals surface area contributed by atoms with E-state index >= 15 is 0 Å². The van der Waals surface area contributed by atoms with Gasteiger partial charge < -0.3 is 19.9 Å².